The Morgan fingerprint density at radius 3 is 2.91 bits per heavy atom. The van der Waals surface area contributed by atoms with Crippen molar-refractivity contribution >= 4 is 18.2 Å². The summed E-state index contributed by atoms with van der Waals surface area (Å²) in [6.07, 6.45) is -0.190. The molecule has 1 aromatic carbocycles. The van der Waals surface area contributed by atoms with Crippen LogP contribution in [0.5, 0.6) is 0 Å². The van der Waals surface area contributed by atoms with Crippen LogP contribution in [-0.4, -0.2) is 56.5 Å². The number of methoxy groups -OCH3 is 1. The lowest BCUT2D eigenvalue weighted by Gasteiger charge is -2.21. The standard InChI is InChI=1S/C15H18N4O3S/c1-22-14(21)12-7-11(20)8-18(12)9-19-15(23)16-13(17-19)10-5-3-2-4-6-10/h2-6,11-12,20H,7-9H2,1H3,(H,16,17,23)/t11-,12+/m1/s1. The molecule has 1 aliphatic heterocycles. The van der Waals surface area contributed by atoms with E-state index in [1.54, 1.807) is 4.68 Å². The molecule has 2 atom stereocenters. The molecule has 23 heavy (non-hydrogen) atoms. The van der Waals surface area contributed by atoms with Crippen LogP contribution >= 0.6 is 12.2 Å². The van der Waals surface area contributed by atoms with E-state index in [0.29, 0.717) is 30.2 Å². The first-order valence-electron chi connectivity index (χ1n) is 7.30. The van der Waals surface area contributed by atoms with Gasteiger partial charge in [-0.05, 0) is 12.2 Å². The number of nitrogens with one attached hydrogen (secondary N) is 1. The number of carbonyl (C=O) groups is 1. The van der Waals surface area contributed by atoms with Gasteiger partial charge in [0.25, 0.3) is 0 Å². The first-order valence-corrected chi connectivity index (χ1v) is 7.71. The molecular weight excluding hydrogens is 316 g/mol. The summed E-state index contributed by atoms with van der Waals surface area (Å²) in [5.74, 6) is 0.320. The van der Waals surface area contributed by atoms with E-state index >= 15 is 0 Å². The number of nitrogens with zero attached hydrogens (tertiary/aromatic N) is 3. The van der Waals surface area contributed by atoms with Crippen molar-refractivity contribution in [3.8, 4) is 11.4 Å². The summed E-state index contributed by atoms with van der Waals surface area (Å²) in [5.41, 5.74) is 0.934. The van der Waals surface area contributed by atoms with Crippen LogP contribution in [0, 0.1) is 4.77 Å². The lowest BCUT2D eigenvalue weighted by Crippen LogP contribution is -2.38. The molecule has 7 nitrogen and oxygen atoms in total. The largest absolute Gasteiger partial charge is 0.468 e. The summed E-state index contributed by atoms with van der Waals surface area (Å²) in [6, 6.07) is 9.19. The number of aliphatic hydroxyl groups is 1. The molecule has 0 unspecified atom stereocenters. The molecule has 1 aliphatic rings. The summed E-state index contributed by atoms with van der Waals surface area (Å²) in [5, 5.41) is 13.0. The highest BCUT2D eigenvalue weighted by Crippen LogP contribution is 2.20. The predicted octanol–water partition coefficient (Wildman–Crippen LogP) is 1.17. The molecule has 0 saturated carbocycles. The molecule has 2 N–H and O–H groups in total. The minimum Gasteiger partial charge on any atom is -0.468 e. The van der Waals surface area contributed by atoms with Gasteiger partial charge in [0, 0.05) is 18.5 Å². The van der Waals surface area contributed by atoms with Crippen LogP contribution in [0.1, 0.15) is 6.42 Å². The zero-order valence-electron chi connectivity index (χ0n) is 12.7. The normalized spacial score (nSPS) is 21.5. The van der Waals surface area contributed by atoms with E-state index in [-0.39, 0.29) is 5.97 Å². The third-order valence-electron chi connectivity index (χ3n) is 3.90. The zero-order valence-corrected chi connectivity index (χ0v) is 13.5. The minimum absolute atomic E-state index is 0.343. The number of aromatic amines is 1. The number of carbonyl (C=O) groups excluding carboxylic acids is 1. The van der Waals surface area contributed by atoms with Crippen LogP contribution in [-0.2, 0) is 16.2 Å². The average molecular weight is 334 g/mol. The van der Waals surface area contributed by atoms with Gasteiger partial charge in [-0.1, -0.05) is 30.3 Å². The molecule has 8 heteroatoms. The molecule has 0 spiro atoms. The Morgan fingerprint density at radius 1 is 1.48 bits per heavy atom. The minimum atomic E-state index is -0.551. The number of benzene rings is 1. The second kappa shape index (κ2) is 6.61. The lowest BCUT2D eigenvalue weighted by atomic mass is 10.2. The van der Waals surface area contributed by atoms with Crippen LogP contribution in [0.15, 0.2) is 30.3 Å². The monoisotopic (exact) mass is 334 g/mol. The van der Waals surface area contributed by atoms with Crippen molar-refractivity contribution in [3.63, 3.8) is 0 Å². The van der Waals surface area contributed by atoms with Crippen LogP contribution in [0.25, 0.3) is 11.4 Å². The molecular formula is C15H18N4O3S. The smallest absolute Gasteiger partial charge is 0.323 e. The summed E-state index contributed by atoms with van der Waals surface area (Å²) in [6.45, 7) is 0.733. The molecule has 122 valence electrons. The first kappa shape index (κ1) is 15.9. The van der Waals surface area contributed by atoms with Crippen molar-refractivity contribution < 1.29 is 14.6 Å². The molecule has 0 aliphatic carbocycles. The third kappa shape index (κ3) is 3.34. The number of hydrogen-bond acceptors (Lipinski definition) is 6. The Kier molecular flexibility index (Phi) is 4.56. The summed E-state index contributed by atoms with van der Waals surface area (Å²) in [7, 11) is 1.35. The van der Waals surface area contributed by atoms with Crippen LogP contribution in [0.3, 0.4) is 0 Å². The Labute approximate surface area is 138 Å². The number of aliphatic hydroxyl groups excluding tert-OH is 1. The number of likely N-dealkylation sites (tertiary alicyclic amines) is 1. The maximum atomic E-state index is 11.8. The van der Waals surface area contributed by atoms with Gasteiger partial charge in [-0.25, -0.2) is 4.68 Å². The third-order valence-corrected chi connectivity index (χ3v) is 4.22. The molecule has 1 fully saturated rings. The molecule has 0 bridgehead atoms. The number of esters is 1. The molecule has 2 aromatic rings. The van der Waals surface area contributed by atoms with E-state index in [4.69, 9.17) is 17.0 Å². The van der Waals surface area contributed by atoms with Gasteiger partial charge in [-0.3, -0.25) is 14.8 Å². The van der Waals surface area contributed by atoms with E-state index in [1.165, 1.54) is 7.11 Å². The number of aromatic nitrogens is 3. The number of ether oxygens (including phenoxy) is 1. The number of hydrogen-bond donors (Lipinski definition) is 2. The highest BCUT2D eigenvalue weighted by Gasteiger charge is 2.37. The molecule has 1 saturated heterocycles. The van der Waals surface area contributed by atoms with E-state index in [2.05, 4.69) is 10.1 Å². The van der Waals surface area contributed by atoms with Gasteiger partial charge in [-0.15, -0.1) is 0 Å². The lowest BCUT2D eigenvalue weighted by molar-refractivity contribution is -0.146. The van der Waals surface area contributed by atoms with Gasteiger partial charge in [0.1, 0.15) is 6.04 Å². The van der Waals surface area contributed by atoms with Gasteiger partial charge in [-0.2, -0.15) is 4.98 Å². The highest BCUT2D eigenvalue weighted by molar-refractivity contribution is 7.71. The van der Waals surface area contributed by atoms with Gasteiger partial charge in [0.2, 0.25) is 4.77 Å². The number of rotatable bonds is 4. The Morgan fingerprint density at radius 2 is 2.22 bits per heavy atom. The predicted molar refractivity (Wildman–Crippen MR) is 86.0 cm³/mol. The number of H-pyrrole nitrogens is 1. The van der Waals surface area contributed by atoms with Crippen molar-refractivity contribution in [2.24, 2.45) is 0 Å². The summed E-state index contributed by atoms with van der Waals surface area (Å²) in [4.78, 5) is 18.0. The topological polar surface area (TPSA) is 83.4 Å². The quantitative estimate of drug-likeness (QED) is 0.645. The molecule has 2 heterocycles. The second-order valence-corrected chi connectivity index (χ2v) is 5.86. The van der Waals surface area contributed by atoms with Gasteiger partial charge >= 0.3 is 5.97 Å². The van der Waals surface area contributed by atoms with E-state index in [9.17, 15) is 9.90 Å². The van der Waals surface area contributed by atoms with Gasteiger partial charge < -0.3 is 9.84 Å². The summed E-state index contributed by atoms with van der Waals surface area (Å²) >= 11 is 5.28. The molecule has 1 aromatic heterocycles. The molecule has 0 radical (unpaired) electrons. The Balaban J connectivity index is 1.82. The van der Waals surface area contributed by atoms with Crippen molar-refractivity contribution in [2.45, 2.75) is 25.2 Å². The van der Waals surface area contributed by atoms with Gasteiger partial charge in [0.05, 0.1) is 19.9 Å². The van der Waals surface area contributed by atoms with E-state index in [1.807, 2.05) is 35.2 Å². The van der Waals surface area contributed by atoms with E-state index in [0.717, 1.165) is 5.56 Å². The Bertz CT molecular complexity index is 743. The van der Waals surface area contributed by atoms with Crippen LogP contribution in [0.4, 0.5) is 0 Å². The van der Waals surface area contributed by atoms with Crippen molar-refractivity contribution in [1.29, 1.82) is 0 Å². The fraction of sp³-hybridized carbons (Fsp3) is 0.400. The number of β-amino-alcohol motifs (C(OH)–C–C–N with tert-alkyl or cyclic N) is 1. The van der Waals surface area contributed by atoms with E-state index < -0.39 is 12.1 Å². The average Bonchev–Trinajstić information content (AvgIpc) is 3.11. The van der Waals surface area contributed by atoms with Crippen molar-refractivity contribution in [3.05, 3.63) is 35.1 Å². The highest BCUT2D eigenvalue weighted by atomic mass is 32.1. The Hall–Kier alpha value is -2.03. The molecule has 0 amide bonds. The zero-order chi connectivity index (χ0) is 16.4. The van der Waals surface area contributed by atoms with Crippen LogP contribution in [0.2, 0.25) is 0 Å². The maximum absolute atomic E-state index is 11.8. The first-order chi connectivity index (χ1) is 11.1. The maximum Gasteiger partial charge on any atom is 0.323 e. The fourth-order valence-electron chi connectivity index (χ4n) is 2.78. The van der Waals surface area contributed by atoms with Crippen LogP contribution < -0.4 is 0 Å². The summed E-state index contributed by atoms with van der Waals surface area (Å²) < 4.78 is 6.89. The fourth-order valence-corrected chi connectivity index (χ4v) is 2.97. The van der Waals surface area contributed by atoms with Crippen molar-refractivity contribution in [1.82, 2.24) is 19.7 Å². The van der Waals surface area contributed by atoms with Gasteiger partial charge in [0.15, 0.2) is 5.82 Å². The van der Waals surface area contributed by atoms with Crippen molar-refractivity contribution in [2.75, 3.05) is 13.7 Å². The SMILES string of the molecule is COC(=O)[C@@H]1C[C@@H](O)CN1Cn1[nH]c(-c2ccccc2)nc1=S. The second-order valence-electron chi connectivity index (χ2n) is 5.49. The molecule has 3 rings (SSSR count).